The fourth-order valence-corrected chi connectivity index (χ4v) is 1.53. The smallest absolute Gasteiger partial charge is 0.137 e. The van der Waals surface area contributed by atoms with Gasteiger partial charge >= 0.3 is 0 Å². The predicted molar refractivity (Wildman–Crippen MR) is 63.2 cm³/mol. The first-order valence-electron chi connectivity index (χ1n) is 4.93. The van der Waals surface area contributed by atoms with Crippen molar-refractivity contribution in [2.24, 2.45) is 11.7 Å². The molecule has 0 amide bonds. The van der Waals surface area contributed by atoms with Gasteiger partial charge in [0.2, 0.25) is 0 Å². The summed E-state index contributed by atoms with van der Waals surface area (Å²) >= 11 is 0. The third kappa shape index (κ3) is 3.97. The second-order valence-electron chi connectivity index (χ2n) is 5.28. The highest BCUT2D eigenvalue weighted by atomic mass is 28.3. The van der Waals surface area contributed by atoms with E-state index in [0.29, 0.717) is 17.5 Å². The zero-order valence-corrected chi connectivity index (χ0v) is 10.9. The SMILES string of the molecule is CC(C#C[Si](C)(C)C(C)(C)C)CN. The van der Waals surface area contributed by atoms with Crippen molar-refractivity contribution in [2.75, 3.05) is 6.54 Å². The highest BCUT2D eigenvalue weighted by Crippen LogP contribution is 2.35. The lowest BCUT2D eigenvalue weighted by molar-refractivity contribution is 0.729. The Bertz CT molecular complexity index is 214. The summed E-state index contributed by atoms with van der Waals surface area (Å²) in [6.45, 7) is 14.2. The Balaban J connectivity index is 4.56. The zero-order valence-electron chi connectivity index (χ0n) is 9.86. The molecule has 0 radical (unpaired) electrons. The fourth-order valence-electron chi connectivity index (χ4n) is 0.550. The minimum atomic E-state index is -1.40. The van der Waals surface area contributed by atoms with E-state index in [0.717, 1.165) is 0 Å². The summed E-state index contributed by atoms with van der Waals surface area (Å²) in [6.07, 6.45) is 0. The number of hydrogen-bond acceptors (Lipinski definition) is 1. The Morgan fingerprint density at radius 3 is 2.08 bits per heavy atom. The van der Waals surface area contributed by atoms with Gasteiger partial charge in [-0.1, -0.05) is 40.8 Å². The van der Waals surface area contributed by atoms with Gasteiger partial charge in [-0.2, -0.15) is 0 Å². The van der Waals surface area contributed by atoms with Gasteiger partial charge in [0.25, 0.3) is 0 Å². The molecule has 0 saturated heterocycles. The van der Waals surface area contributed by atoms with Gasteiger partial charge in [-0.3, -0.25) is 0 Å². The Morgan fingerprint density at radius 2 is 1.77 bits per heavy atom. The van der Waals surface area contributed by atoms with Crippen molar-refractivity contribution in [3.05, 3.63) is 0 Å². The summed E-state index contributed by atoms with van der Waals surface area (Å²) in [5, 5.41) is 0.355. The second-order valence-corrected chi connectivity index (χ2v) is 10.3. The van der Waals surface area contributed by atoms with Crippen LogP contribution >= 0.6 is 0 Å². The molecule has 0 aromatic heterocycles. The van der Waals surface area contributed by atoms with Crippen LogP contribution in [0.3, 0.4) is 0 Å². The summed E-state index contributed by atoms with van der Waals surface area (Å²) < 4.78 is 0. The first kappa shape index (κ1) is 12.7. The van der Waals surface area contributed by atoms with Crippen LogP contribution in [0.4, 0.5) is 0 Å². The molecule has 0 saturated carbocycles. The van der Waals surface area contributed by atoms with Crippen molar-refractivity contribution in [2.45, 2.75) is 45.8 Å². The van der Waals surface area contributed by atoms with Crippen molar-refractivity contribution >= 4 is 8.07 Å². The molecular formula is C11H23NSi. The summed E-state index contributed by atoms with van der Waals surface area (Å²) in [7, 11) is -1.40. The minimum absolute atomic E-state index is 0.342. The van der Waals surface area contributed by atoms with Crippen LogP contribution in [0.1, 0.15) is 27.7 Å². The van der Waals surface area contributed by atoms with Gasteiger partial charge in [0.15, 0.2) is 0 Å². The van der Waals surface area contributed by atoms with Crippen LogP contribution in [0.15, 0.2) is 0 Å². The molecule has 0 aliphatic heterocycles. The number of nitrogens with two attached hydrogens (primary N) is 1. The Morgan fingerprint density at radius 1 is 1.31 bits per heavy atom. The molecule has 0 rings (SSSR count). The van der Waals surface area contributed by atoms with E-state index in [2.05, 4.69) is 52.3 Å². The van der Waals surface area contributed by atoms with Gasteiger partial charge in [0.1, 0.15) is 8.07 Å². The molecule has 76 valence electrons. The Kier molecular flexibility index (Phi) is 4.21. The molecule has 2 heteroatoms. The molecule has 1 nitrogen and oxygen atoms in total. The third-order valence-electron chi connectivity index (χ3n) is 2.86. The monoisotopic (exact) mass is 197 g/mol. The van der Waals surface area contributed by atoms with Crippen LogP contribution in [0.5, 0.6) is 0 Å². The second kappa shape index (κ2) is 4.30. The molecule has 0 aliphatic rings. The molecule has 0 aromatic rings. The molecule has 13 heavy (non-hydrogen) atoms. The highest BCUT2D eigenvalue weighted by Gasteiger charge is 2.33. The van der Waals surface area contributed by atoms with Crippen molar-refractivity contribution < 1.29 is 0 Å². The quantitative estimate of drug-likeness (QED) is 0.507. The van der Waals surface area contributed by atoms with Crippen LogP contribution in [0.2, 0.25) is 18.1 Å². The van der Waals surface area contributed by atoms with E-state index in [1.54, 1.807) is 0 Å². The normalized spacial score (nSPS) is 14.7. The maximum atomic E-state index is 5.52. The van der Waals surface area contributed by atoms with E-state index < -0.39 is 8.07 Å². The van der Waals surface area contributed by atoms with Crippen LogP contribution in [-0.4, -0.2) is 14.6 Å². The predicted octanol–water partition coefficient (Wildman–Crippen LogP) is 2.63. The summed E-state index contributed by atoms with van der Waals surface area (Å²) in [5.41, 5.74) is 8.98. The maximum absolute atomic E-state index is 5.52. The van der Waals surface area contributed by atoms with Crippen LogP contribution in [-0.2, 0) is 0 Å². The van der Waals surface area contributed by atoms with Gasteiger partial charge < -0.3 is 5.73 Å². The fraction of sp³-hybridized carbons (Fsp3) is 0.818. The molecule has 0 heterocycles. The Hall–Kier alpha value is -0.263. The first-order chi connectivity index (χ1) is 5.70. The van der Waals surface area contributed by atoms with Crippen molar-refractivity contribution in [3.63, 3.8) is 0 Å². The van der Waals surface area contributed by atoms with Crippen molar-refractivity contribution in [1.29, 1.82) is 0 Å². The van der Waals surface area contributed by atoms with Gasteiger partial charge in [-0.15, -0.1) is 11.5 Å². The Labute approximate surface area is 84.1 Å². The highest BCUT2D eigenvalue weighted by molar-refractivity contribution is 6.87. The topological polar surface area (TPSA) is 26.0 Å². The van der Waals surface area contributed by atoms with Crippen LogP contribution in [0, 0.1) is 17.4 Å². The van der Waals surface area contributed by atoms with E-state index >= 15 is 0 Å². The third-order valence-corrected chi connectivity index (χ3v) is 7.38. The lowest BCUT2D eigenvalue weighted by Gasteiger charge is -2.31. The molecule has 1 atom stereocenters. The average Bonchev–Trinajstić information content (AvgIpc) is 1.98. The molecular weight excluding hydrogens is 174 g/mol. The molecule has 0 spiro atoms. The zero-order chi connectivity index (χ0) is 10.7. The maximum Gasteiger partial charge on any atom is 0.137 e. The van der Waals surface area contributed by atoms with Gasteiger partial charge in [0, 0.05) is 12.5 Å². The number of rotatable bonds is 1. The first-order valence-corrected chi connectivity index (χ1v) is 7.93. The summed E-state index contributed by atoms with van der Waals surface area (Å²) in [5.74, 6) is 3.61. The largest absolute Gasteiger partial charge is 0.329 e. The lowest BCUT2D eigenvalue weighted by Crippen LogP contribution is -2.35. The van der Waals surface area contributed by atoms with Crippen molar-refractivity contribution in [1.82, 2.24) is 0 Å². The average molecular weight is 197 g/mol. The van der Waals surface area contributed by atoms with E-state index in [-0.39, 0.29) is 0 Å². The van der Waals surface area contributed by atoms with Gasteiger partial charge in [0.05, 0.1) is 0 Å². The summed E-state index contributed by atoms with van der Waals surface area (Å²) in [6, 6.07) is 0. The molecule has 1 unspecified atom stereocenters. The molecule has 0 aromatic carbocycles. The van der Waals surface area contributed by atoms with E-state index in [9.17, 15) is 0 Å². The molecule has 0 aliphatic carbocycles. The molecule has 0 bridgehead atoms. The summed E-state index contributed by atoms with van der Waals surface area (Å²) in [4.78, 5) is 0. The standard InChI is InChI=1S/C11H23NSi/c1-10(9-12)7-8-13(5,6)11(2,3)4/h10H,9,12H2,1-6H3. The van der Waals surface area contributed by atoms with E-state index in [1.165, 1.54) is 0 Å². The van der Waals surface area contributed by atoms with Crippen molar-refractivity contribution in [3.8, 4) is 11.5 Å². The van der Waals surface area contributed by atoms with Crippen LogP contribution < -0.4 is 5.73 Å². The number of hydrogen-bond donors (Lipinski definition) is 1. The molecule has 0 fully saturated rings. The van der Waals surface area contributed by atoms with Crippen LogP contribution in [0.25, 0.3) is 0 Å². The van der Waals surface area contributed by atoms with E-state index in [4.69, 9.17) is 5.73 Å². The van der Waals surface area contributed by atoms with Gasteiger partial charge in [-0.05, 0) is 5.04 Å². The lowest BCUT2D eigenvalue weighted by atomic mass is 10.2. The van der Waals surface area contributed by atoms with E-state index in [1.807, 2.05) is 0 Å². The minimum Gasteiger partial charge on any atom is -0.329 e. The molecule has 2 N–H and O–H groups in total. The van der Waals surface area contributed by atoms with Gasteiger partial charge in [-0.25, -0.2) is 0 Å².